The van der Waals surface area contributed by atoms with Gasteiger partial charge in [0.25, 0.3) is 0 Å². The molecule has 1 aliphatic carbocycles. The van der Waals surface area contributed by atoms with Crippen molar-refractivity contribution in [2.75, 3.05) is 5.32 Å². The second kappa shape index (κ2) is 10.3. The number of rotatable bonds is 7. The van der Waals surface area contributed by atoms with Gasteiger partial charge in [-0.05, 0) is 66.1 Å². The summed E-state index contributed by atoms with van der Waals surface area (Å²) in [4.78, 5) is 12.4. The third-order valence-corrected chi connectivity index (χ3v) is 6.21. The van der Waals surface area contributed by atoms with Crippen LogP contribution in [0.5, 0.6) is 0 Å². The summed E-state index contributed by atoms with van der Waals surface area (Å²) in [5.74, 6) is 0.448. The number of carbonyl (C=O) groups excluding carboxylic acids is 1. The van der Waals surface area contributed by atoms with Gasteiger partial charge in [0.05, 0.1) is 5.56 Å². The molecule has 3 aromatic rings. The van der Waals surface area contributed by atoms with Gasteiger partial charge < -0.3 is 10.1 Å². The minimum Gasteiger partial charge on any atom is -0.457 e. The molecule has 0 aromatic heterocycles. The van der Waals surface area contributed by atoms with E-state index < -0.39 is 0 Å². The fourth-order valence-electron chi connectivity index (χ4n) is 4.34. The highest BCUT2D eigenvalue weighted by Crippen LogP contribution is 2.32. The Balaban J connectivity index is 1.31. The highest BCUT2D eigenvalue weighted by Gasteiger charge is 2.15. The summed E-state index contributed by atoms with van der Waals surface area (Å²) >= 11 is 0. The van der Waals surface area contributed by atoms with Gasteiger partial charge in [-0.25, -0.2) is 4.79 Å². The molecule has 0 aliphatic heterocycles. The van der Waals surface area contributed by atoms with Crippen molar-refractivity contribution in [3.8, 4) is 0 Å². The lowest BCUT2D eigenvalue weighted by molar-refractivity contribution is 0.0472. The van der Waals surface area contributed by atoms with Gasteiger partial charge in [-0.1, -0.05) is 73.9 Å². The maximum Gasteiger partial charge on any atom is 0.338 e. The monoisotopic (exact) mass is 413 g/mol. The molecule has 0 spiro atoms. The number of nitrogens with one attached hydrogen (secondary N) is 1. The quantitative estimate of drug-likeness (QED) is 0.423. The van der Waals surface area contributed by atoms with E-state index in [2.05, 4.69) is 29.6 Å². The van der Waals surface area contributed by atoms with Gasteiger partial charge in [-0.3, -0.25) is 0 Å². The van der Waals surface area contributed by atoms with Gasteiger partial charge in [0.2, 0.25) is 0 Å². The van der Waals surface area contributed by atoms with Crippen LogP contribution in [0.4, 0.5) is 5.69 Å². The Morgan fingerprint density at radius 2 is 1.65 bits per heavy atom. The largest absolute Gasteiger partial charge is 0.457 e. The fourth-order valence-corrected chi connectivity index (χ4v) is 4.34. The van der Waals surface area contributed by atoms with Crippen LogP contribution in [0.2, 0.25) is 0 Å². The number of hydrogen-bond donors (Lipinski definition) is 1. The molecule has 0 bridgehead atoms. The number of carbonyl (C=O) groups is 1. The minimum absolute atomic E-state index is 0.287. The molecule has 0 unspecified atom stereocenters. The lowest BCUT2D eigenvalue weighted by Crippen LogP contribution is -2.07. The lowest BCUT2D eigenvalue weighted by atomic mass is 9.84. The van der Waals surface area contributed by atoms with Crippen LogP contribution in [0, 0.1) is 6.92 Å². The summed E-state index contributed by atoms with van der Waals surface area (Å²) < 4.78 is 5.44. The van der Waals surface area contributed by atoms with E-state index in [9.17, 15) is 4.79 Å². The van der Waals surface area contributed by atoms with Gasteiger partial charge in [-0.15, -0.1) is 0 Å². The number of benzene rings is 3. The molecule has 0 saturated heterocycles. The normalized spacial score (nSPS) is 14.2. The van der Waals surface area contributed by atoms with Crippen LogP contribution in [-0.4, -0.2) is 5.97 Å². The van der Waals surface area contributed by atoms with Crippen LogP contribution in [0.15, 0.2) is 72.8 Å². The van der Waals surface area contributed by atoms with Crippen molar-refractivity contribution in [2.45, 2.75) is 58.1 Å². The van der Waals surface area contributed by atoms with Gasteiger partial charge >= 0.3 is 5.97 Å². The first kappa shape index (κ1) is 21.2. The fraction of sp³-hybridized carbons (Fsp3) is 0.321. The second-order valence-electron chi connectivity index (χ2n) is 8.52. The van der Waals surface area contributed by atoms with Crippen LogP contribution in [0.3, 0.4) is 0 Å². The summed E-state index contributed by atoms with van der Waals surface area (Å²) in [5, 5.41) is 3.50. The summed E-state index contributed by atoms with van der Waals surface area (Å²) in [6.07, 6.45) is 6.78. The topological polar surface area (TPSA) is 38.3 Å². The summed E-state index contributed by atoms with van der Waals surface area (Å²) in [6.45, 7) is 3.07. The average molecular weight is 414 g/mol. The van der Waals surface area contributed by atoms with Gasteiger partial charge in [0.15, 0.2) is 0 Å². The van der Waals surface area contributed by atoms with Crippen molar-refractivity contribution in [3.63, 3.8) is 0 Å². The molecule has 1 fully saturated rings. The Bertz CT molecular complexity index is 989. The maximum absolute atomic E-state index is 12.4. The molecule has 0 radical (unpaired) electrons. The van der Waals surface area contributed by atoms with Gasteiger partial charge in [-0.2, -0.15) is 0 Å². The Labute approximate surface area is 185 Å². The summed E-state index contributed by atoms with van der Waals surface area (Å²) in [5.41, 5.74) is 6.39. The van der Waals surface area contributed by atoms with E-state index >= 15 is 0 Å². The predicted octanol–water partition coefficient (Wildman–Crippen LogP) is 7.01. The number of aryl methyl sites for hydroxylation is 1. The Kier molecular flexibility index (Phi) is 7.03. The highest BCUT2D eigenvalue weighted by molar-refractivity contribution is 5.90. The van der Waals surface area contributed by atoms with Crippen molar-refractivity contribution in [1.82, 2.24) is 0 Å². The van der Waals surface area contributed by atoms with Crippen LogP contribution >= 0.6 is 0 Å². The summed E-state index contributed by atoms with van der Waals surface area (Å²) in [7, 11) is 0. The van der Waals surface area contributed by atoms with E-state index in [0.29, 0.717) is 5.56 Å². The molecule has 4 rings (SSSR count). The molecular weight excluding hydrogens is 382 g/mol. The lowest BCUT2D eigenvalue weighted by Gasteiger charge is -2.22. The first-order valence-corrected chi connectivity index (χ1v) is 11.3. The SMILES string of the molecule is Cc1cc(C(=O)OCc2ccccc2)ccc1NCc1ccc(C2CCCCC2)cc1. The van der Waals surface area contributed by atoms with E-state index in [1.807, 2.05) is 55.5 Å². The van der Waals surface area contributed by atoms with E-state index in [4.69, 9.17) is 4.74 Å². The molecule has 31 heavy (non-hydrogen) atoms. The molecular formula is C28H31NO2. The third kappa shape index (κ3) is 5.75. The minimum atomic E-state index is -0.295. The zero-order valence-corrected chi connectivity index (χ0v) is 18.3. The van der Waals surface area contributed by atoms with Crippen LogP contribution in [0.1, 0.15) is 70.6 Å². The van der Waals surface area contributed by atoms with Gasteiger partial charge in [0.1, 0.15) is 6.61 Å². The standard InChI is InChI=1S/C28H31NO2/c1-21-18-26(28(30)31-20-23-8-4-2-5-9-23)16-17-27(21)29-19-22-12-14-25(15-13-22)24-10-6-3-7-11-24/h2,4-5,8-9,12-18,24,29H,3,6-7,10-11,19-20H2,1H3. The number of anilines is 1. The first-order chi connectivity index (χ1) is 15.2. The zero-order chi connectivity index (χ0) is 21.5. The van der Waals surface area contributed by atoms with Crippen molar-refractivity contribution in [1.29, 1.82) is 0 Å². The zero-order valence-electron chi connectivity index (χ0n) is 18.3. The van der Waals surface area contributed by atoms with E-state index in [1.54, 1.807) is 0 Å². The van der Waals surface area contributed by atoms with Crippen molar-refractivity contribution in [2.24, 2.45) is 0 Å². The average Bonchev–Trinajstić information content (AvgIpc) is 2.83. The first-order valence-electron chi connectivity index (χ1n) is 11.3. The molecule has 3 nitrogen and oxygen atoms in total. The molecule has 0 atom stereocenters. The molecule has 0 amide bonds. The number of hydrogen-bond acceptors (Lipinski definition) is 3. The van der Waals surface area contributed by atoms with E-state index in [0.717, 1.165) is 29.3 Å². The molecule has 1 N–H and O–H groups in total. The maximum atomic E-state index is 12.4. The Morgan fingerprint density at radius 1 is 0.903 bits per heavy atom. The molecule has 3 aromatic carbocycles. The van der Waals surface area contributed by atoms with Crippen molar-refractivity contribution in [3.05, 3.63) is 101 Å². The van der Waals surface area contributed by atoms with Crippen LogP contribution in [0.25, 0.3) is 0 Å². The van der Waals surface area contributed by atoms with E-state index in [-0.39, 0.29) is 12.6 Å². The predicted molar refractivity (Wildman–Crippen MR) is 126 cm³/mol. The highest BCUT2D eigenvalue weighted by atomic mass is 16.5. The third-order valence-electron chi connectivity index (χ3n) is 6.21. The molecule has 160 valence electrons. The number of ether oxygens (including phenoxy) is 1. The van der Waals surface area contributed by atoms with Crippen LogP contribution < -0.4 is 5.32 Å². The van der Waals surface area contributed by atoms with Gasteiger partial charge in [0, 0.05) is 12.2 Å². The van der Waals surface area contributed by atoms with Crippen LogP contribution in [-0.2, 0) is 17.9 Å². The molecule has 0 heterocycles. The Hall–Kier alpha value is -3.07. The summed E-state index contributed by atoms with van der Waals surface area (Å²) in [6, 6.07) is 24.5. The van der Waals surface area contributed by atoms with Crippen molar-refractivity contribution >= 4 is 11.7 Å². The molecule has 3 heteroatoms. The smallest absolute Gasteiger partial charge is 0.338 e. The number of esters is 1. The van der Waals surface area contributed by atoms with E-state index in [1.165, 1.54) is 43.2 Å². The second-order valence-corrected chi connectivity index (χ2v) is 8.52. The molecule has 1 saturated carbocycles. The molecule has 1 aliphatic rings. The van der Waals surface area contributed by atoms with Crippen molar-refractivity contribution < 1.29 is 9.53 Å². The Morgan fingerprint density at radius 3 is 2.35 bits per heavy atom.